The highest BCUT2D eigenvalue weighted by Crippen LogP contribution is 2.47. The Bertz CT molecular complexity index is 3460. The Morgan fingerprint density at radius 1 is 0.629 bits per heavy atom. The second-order valence-electron chi connectivity index (χ2n) is 15.2. The first kappa shape index (κ1) is 36.4. The van der Waals surface area contributed by atoms with E-state index in [2.05, 4.69) is 12.1 Å². The molecule has 2 aliphatic heterocycles. The summed E-state index contributed by atoms with van der Waals surface area (Å²) in [5.41, 5.74) is 4.99. The van der Waals surface area contributed by atoms with Crippen LogP contribution in [0.4, 0.5) is 0 Å². The molecule has 9 aromatic rings. The van der Waals surface area contributed by atoms with Crippen molar-refractivity contribution in [2.24, 2.45) is 0 Å². The van der Waals surface area contributed by atoms with Crippen LogP contribution < -0.4 is 29.3 Å². The third-order valence-corrected chi connectivity index (χ3v) is 11.9. The van der Waals surface area contributed by atoms with Gasteiger partial charge in [-0.1, -0.05) is 71.7 Å². The first-order valence-corrected chi connectivity index (χ1v) is 20.5. The molecule has 0 radical (unpaired) electrons. The molecule has 0 atom stereocenters. The van der Waals surface area contributed by atoms with Gasteiger partial charge in [-0.25, -0.2) is 9.97 Å². The largest absolute Gasteiger partial charge is 0.743 e. The molecule has 16 heteroatoms. The standard InChI is InChI=1S/C46H26B2Cl2N6O6/c1-24-8-2-3-9-28(24)42-40-39(43(56(42)48-61-35-12-6-7-13-36(35)62-48)29(22-51)45-53-31-18-16-26(49)20-37(31)57-45)41(25-14-15-25)55(47-59-33-10-4-5-11-34(33)60-47)44(40)30(23-52)46-54-32-19-17-27(50)21-38(32)58-46/h2-13,16-21,25H,14-15H2,1H3/b43-29-,44-30-. The average Bonchev–Trinajstić information content (AvgIpc) is 3.78. The lowest BCUT2D eigenvalue weighted by Crippen LogP contribution is -2.45. The minimum Gasteiger partial charge on any atom is -0.503 e. The summed E-state index contributed by atoms with van der Waals surface area (Å²) in [6.45, 7) is 2.00. The molecule has 296 valence electrons. The van der Waals surface area contributed by atoms with Crippen molar-refractivity contribution in [2.75, 3.05) is 0 Å². The number of halogens is 2. The van der Waals surface area contributed by atoms with E-state index in [-0.39, 0.29) is 28.8 Å². The van der Waals surface area contributed by atoms with Crippen molar-refractivity contribution in [3.05, 3.63) is 153 Å². The zero-order chi connectivity index (χ0) is 41.8. The number of hydrogen-bond donors (Lipinski definition) is 0. The predicted molar refractivity (Wildman–Crippen MR) is 233 cm³/mol. The zero-order valence-corrected chi connectivity index (χ0v) is 33.9. The summed E-state index contributed by atoms with van der Waals surface area (Å²) >= 11 is 12.8. The summed E-state index contributed by atoms with van der Waals surface area (Å²) in [6, 6.07) is 37.9. The summed E-state index contributed by atoms with van der Waals surface area (Å²) in [7, 11) is -2.22. The molecule has 0 N–H and O–H groups in total. The van der Waals surface area contributed by atoms with E-state index in [1.807, 2.05) is 88.7 Å². The lowest BCUT2D eigenvalue weighted by molar-refractivity contribution is 0.475. The number of nitrogens with zero attached hydrogens (tertiary/aromatic N) is 6. The highest BCUT2D eigenvalue weighted by molar-refractivity contribution is 6.49. The molecule has 12 nitrogen and oxygen atoms in total. The number of fused-ring (bicyclic) bond motifs is 5. The number of hydrogen-bond acceptors (Lipinski definition) is 10. The lowest BCUT2D eigenvalue weighted by Gasteiger charge is -2.17. The fraction of sp³-hybridized carbons (Fsp3) is 0.0870. The number of benzene rings is 5. The zero-order valence-electron chi connectivity index (χ0n) is 32.4. The van der Waals surface area contributed by atoms with Gasteiger partial charge in [0.25, 0.3) is 0 Å². The van der Waals surface area contributed by atoms with Crippen molar-refractivity contribution in [3.63, 3.8) is 0 Å². The van der Waals surface area contributed by atoms with Crippen LogP contribution in [0.2, 0.25) is 10.0 Å². The molecule has 3 aliphatic rings. The Hall–Kier alpha value is -7.51. The van der Waals surface area contributed by atoms with Crippen molar-refractivity contribution in [1.29, 1.82) is 10.5 Å². The molecular weight excluding hydrogens is 825 g/mol. The quantitative estimate of drug-likeness (QED) is 0.149. The first-order valence-electron chi connectivity index (χ1n) is 19.8. The van der Waals surface area contributed by atoms with Gasteiger partial charge in [0.2, 0.25) is 11.8 Å². The van der Waals surface area contributed by atoms with E-state index >= 15 is 0 Å². The molecule has 0 spiro atoms. The van der Waals surface area contributed by atoms with Crippen molar-refractivity contribution in [2.45, 2.75) is 25.7 Å². The van der Waals surface area contributed by atoms with Crippen molar-refractivity contribution in [3.8, 4) is 46.4 Å². The second kappa shape index (κ2) is 13.8. The van der Waals surface area contributed by atoms with Gasteiger partial charge in [0.1, 0.15) is 57.3 Å². The lowest BCUT2D eigenvalue weighted by atomic mass is 9.99. The third kappa shape index (κ3) is 5.54. The molecule has 1 fully saturated rings. The van der Waals surface area contributed by atoms with E-state index in [4.69, 9.17) is 60.6 Å². The van der Waals surface area contributed by atoms with Crippen LogP contribution in [-0.2, 0) is 0 Å². The number of oxazole rings is 2. The molecule has 4 aromatic heterocycles. The maximum Gasteiger partial charge on any atom is 0.743 e. The highest BCUT2D eigenvalue weighted by Gasteiger charge is 2.47. The van der Waals surface area contributed by atoms with Crippen molar-refractivity contribution >= 4 is 81.8 Å². The van der Waals surface area contributed by atoms with Crippen LogP contribution in [0.5, 0.6) is 23.0 Å². The van der Waals surface area contributed by atoms with E-state index in [0.29, 0.717) is 82.4 Å². The van der Waals surface area contributed by atoms with Gasteiger partial charge < -0.3 is 36.4 Å². The Labute approximate surface area is 362 Å². The SMILES string of the molecule is Cc1ccccc1-c1c2/c(=C(\C#N)c3nc4ccc(Cl)cc4o3)n(B3Oc4ccccc4O3)c(C3CC3)c2/c(=C(\C#N)c2nc3ccc(Cl)cc3o2)n1B1Oc2ccccc2O1. The number of aromatic nitrogens is 4. The van der Waals surface area contributed by atoms with Crippen LogP contribution >= 0.6 is 23.2 Å². The molecular formula is C46H26B2Cl2N6O6. The van der Waals surface area contributed by atoms with Gasteiger partial charge in [0.05, 0.1) is 16.4 Å². The van der Waals surface area contributed by atoms with E-state index in [9.17, 15) is 10.5 Å². The van der Waals surface area contributed by atoms with E-state index in [1.54, 1.807) is 36.4 Å². The molecule has 62 heavy (non-hydrogen) atoms. The number of rotatable bonds is 6. The Morgan fingerprint density at radius 2 is 1.10 bits per heavy atom. The normalized spacial score (nSPS) is 15.1. The average molecular weight is 851 g/mol. The van der Waals surface area contributed by atoms with Crippen LogP contribution in [0.15, 0.2) is 118 Å². The van der Waals surface area contributed by atoms with E-state index in [1.165, 1.54) is 0 Å². The maximum atomic E-state index is 11.5. The van der Waals surface area contributed by atoms with Gasteiger partial charge in [0, 0.05) is 44.2 Å². The van der Waals surface area contributed by atoms with Gasteiger partial charge in [-0.15, -0.1) is 0 Å². The molecule has 5 aromatic carbocycles. The molecule has 0 unspecified atom stereocenters. The van der Waals surface area contributed by atoms with Gasteiger partial charge in [-0.2, -0.15) is 10.5 Å². The minimum atomic E-state index is -1.14. The molecule has 0 bridgehead atoms. The van der Waals surface area contributed by atoms with E-state index < -0.39 is 14.5 Å². The molecule has 6 heterocycles. The number of para-hydroxylation sites is 4. The summed E-state index contributed by atoms with van der Waals surface area (Å²) in [5, 5.41) is 25.8. The summed E-state index contributed by atoms with van der Waals surface area (Å²) < 4.78 is 43.2. The smallest absolute Gasteiger partial charge is 0.503 e. The second-order valence-corrected chi connectivity index (χ2v) is 16.1. The van der Waals surface area contributed by atoms with E-state index in [0.717, 1.165) is 29.7 Å². The Kier molecular flexibility index (Phi) is 8.07. The molecule has 1 aliphatic carbocycles. The Balaban J connectivity index is 1.33. The van der Waals surface area contributed by atoms with Gasteiger partial charge in [-0.05, 0) is 79.8 Å². The molecule has 1 saturated carbocycles. The summed E-state index contributed by atoms with van der Waals surface area (Å²) in [5.74, 6) is 2.13. The Morgan fingerprint density at radius 3 is 1.58 bits per heavy atom. The maximum absolute atomic E-state index is 11.5. The monoisotopic (exact) mass is 850 g/mol. The molecule has 0 amide bonds. The highest BCUT2D eigenvalue weighted by atomic mass is 35.5. The molecule has 0 saturated heterocycles. The summed E-state index contributed by atoms with van der Waals surface area (Å²) in [6.07, 6.45) is 1.61. The minimum absolute atomic E-state index is 0.0504. The first-order chi connectivity index (χ1) is 30.4. The fourth-order valence-corrected chi connectivity index (χ4v) is 8.93. The van der Waals surface area contributed by atoms with Crippen LogP contribution in [0.1, 0.15) is 41.8 Å². The summed E-state index contributed by atoms with van der Waals surface area (Å²) in [4.78, 5) is 9.68. The third-order valence-electron chi connectivity index (χ3n) is 11.4. The predicted octanol–water partition coefficient (Wildman–Crippen LogP) is 8.94. The number of aryl methyl sites for hydroxylation is 1. The van der Waals surface area contributed by atoms with Gasteiger partial charge >= 0.3 is 14.5 Å². The number of nitriles is 2. The topological polar surface area (TPSA) is 146 Å². The van der Waals surface area contributed by atoms with Crippen molar-refractivity contribution in [1.82, 2.24) is 18.9 Å². The fourth-order valence-electron chi connectivity index (χ4n) is 8.61. The van der Waals surface area contributed by atoms with Gasteiger partial charge in [-0.3, -0.25) is 0 Å². The van der Waals surface area contributed by atoms with Gasteiger partial charge in [0.15, 0.2) is 11.2 Å². The van der Waals surface area contributed by atoms with Crippen LogP contribution in [0, 0.1) is 29.6 Å². The van der Waals surface area contributed by atoms with Crippen LogP contribution in [0.3, 0.4) is 0 Å². The van der Waals surface area contributed by atoms with Crippen molar-refractivity contribution < 1.29 is 27.5 Å². The van der Waals surface area contributed by atoms with Crippen LogP contribution in [-0.4, -0.2) is 33.4 Å². The van der Waals surface area contributed by atoms with Crippen LogP contribution in [0.25, 0.3) is 55.4 Å². The molecule has 12 rings (SSSR count).